The van der Waals surface area contributed by atoms with Gasteiger partial charge in [-0.05, 0) is 44.4 Å². The second-order valence-electron chi connectivity index (χ2n) is 9.31. The van der Waals surface area contributed by atoms with Crippen LogP contribution in [0.25, 0.3) is 0 Å². The molecule has 3 saturated heterocycles. The van der Waals surface area contributed by atoms with Crippen LogP contribution in [0.4, 0.5) is 10.5 Å². The number of hydrogen-bond donors (Lipinski definition) is 1. The van der Waals surface area contributed by atoms with Crippen LogP contribution in [0.15, 0.2) is 42.5 Å². The molecule has 2 aromatic carbocycles. The Morgan fingerprint density at radius 1 is 0.969 bits per heavy atom. The Morgan fingerprint density at radius 3 is 2.41 bits per heavy atom. The molecule has 7 heteroatoms. The number of urea groups is 1. The lowest BCUT2D eigenvalue weighted by atomic mass is 10.1. The van der Waals surface area contributed by atoms with Gasteiger partial charge < -0.3 is 9.80 Å². The predicted molar refractivity (Wildman–Crippen MR) is 124 cm³/mol. The first-order valence-electron chi connectivity index (χ1n) is 11.3. The van der Waals surface area contributed by atoms with Crippen LogP contribution in [0.1, 0.15) is 28.7 Å². The van der Waals surface area contributed by atoms with E-state index < -0.39 is 0 Å². The van der Waals surface area contributed by atoms with Crippen molar-refractivity contribution >= 4 is 17.6 Å². The van der Waals surface area contributed by atoms with E-state index in [1.165, 1.54) is 21.7 Å². The van der Waals surface area contributed by atoms with Gasteiger partial charge in [0.05, 0.1) is 6.54 Å². The van der Waals surface area contributed by atoms with Gasteiger partial charge in [-0.25, -0.2) is 4.79 Å². The van der Waals surface area contributed by atoms with Gasteiger partial charge in [-0.15, -0.1) is 0 Å². The number of carbonyl (C=O) groups is 2. The number of hydrogen-bond acceptors (Lipinski definition) is 5. The fourth-order valence-corrected chi connectivity index (χ4v) is 5.31. The van der Waals surface area contributed by atoms with Crippen molar-refractivity contribution in [2.45, 2.75) is 52.2 Å². The SMILES string of the molecule is Cc1ccc(CN2C(=O)C3C(NC4N(c5ccc(C)cc5C)CCCN34)N(C)C2=O)cc1. The quantitative estimate of drug-likeness (QED) is 0.807. The molecule has 0 saturated carbocycles. The van der Waals surface area contributed by atoms with E-state index in [0.717, 1.165) is 30.6 Å². The third-order valence-electron chi connectivity index (χ3n) is 6.99. The number of benzene rings is 2. The average molecular weight is 434 g/mol. The summed E-state index contributed by atoms with van der Waals surface area (Å²) in [5, 5.41) is 3.60. The predicted octanol–water partition coefficient (Wildman–Crippen LogP) is 2.80. The van der Waals surface area contributed by atoms with Gasteiger partial charge in [-0.2, -0.15) is 0 Å². The van der Waals surface area contributed by atoms with Crippen molar-refractivity contribution in [1.82, 2.24) is 20.0 Å². The van der Waals surface area contributed by atoms with Gasteiger partial charge in [-0.1, -0.05) is 47.5 Å². The van der Waals surface area contributed by atoms with E-state index in [1.54, 1.807) is 11.9 Å². The molecular weight excluding hydrogens is 402 g/mol. The first-order valence-corrected chi connectivity index (χ1v) is 11.3. The lowest BCUT2D eigenvalue weighted by molar-refractivity contribution is -0.139. The molecule has 3 heterocycles. The Balaban J connectivity index is 1.44. The molecule has 168 valence electrons. The van der Waals surface area contributed by atoms with Crippen molar-refractivity contribution in [3.63, 3.8) is 0 Å². The van der Waals surface area contributed by atoms with Crippen LogP contribution in [0, 0.1) is 20.8 Å². The summed E-state index contributed by atoms with van der Waals surface area (Å²) in [6.45, 7) is 8.30. The molecule has 0 spiro atoms. The molecule has 0 radical (unpaired) electrons. The van der Waals surface area contributed by atoms with Crippen LogP contribution in [0.2, 0.25) is 0 Å². The van der Waals surface area contributed by atoms with E-state index in [4.69, 9.17) is 0 Å². The highest BCUT2D eigenvalue weighted by atomic mass is 16.2. The van der Waals surface area contributed by atoms with Gasteiger partial charge in [0.2, 0.25) is 0 Å². The molecule has 1 N–H and O–H groups in total. The van der Waals surface area contributed by atoms with Crippen molar-refractivity contribution in [3.8, 4) is 0 Å². The maximum Gasteiger partial charge on any atom is 0.328 e. The Labute approximate surface area is 189 Å². The van der Waals surface area contributed by atoms with Crippen molar-refractivity contribution < 1.29 is 9.59 Å². The summed E-state index contributed by atoms with van der Waals surface area (Å²) in [6, 6.07) is 13.9. The maximum atomic E-state index is 13.6. The number of fused-ring (bicyclic) bond motifs is 3. The third-order valence-corrected chi connectivity index (χ3v) is 6.99. The first kappa shape index (κ1) is 21.0. The lowest BCUT2D eigenvalue weighted by Crippen LogP contribution is -2.66. The van der Waals surface area contributed by atoms with Gasteiger partial charge in [0.1, 0.15) is 18.5 Å². The first-order chi connectivity index (χ1) is 15.3. The molecule has 3 atom stereocenters. The number of likely N-dealkylation sites (N-methyl/N-ethyl adjacent to an activating group) is 1. The molecule has 7 nitrogen and oxygen atoms in total. The number of imide groups is 1. The largest absolute Gasteiger partial charge is 0.343 e. The number of nitrogens with one attached hydrogen (secondary N) is 1. The minimum atomic E-state index is -0.387. The number of anilines is 1. The average Bonchev–Trinajstić information content (AvgIpc) is 3.17. The highest BCUT2D eigenvalue weighted by Gasteiger charge is 2.56. The summed E-state index contributed by atoms with van der Waals surface area (Å²) in [5.74, 6) is -0.115. The van der Waals surface area contributed by atoms with E-state index >= 15 is 0 Å². The van der Waals surface area contributed by atoms with Crippen molar-refractivity contribution in [1.29, 1.82) is 0 Å². The molecular formula is C25H31N5O2. The lowest BCUT2D eigenvalue weighted by Gasteiger charge is -2.44. The normalized spacial score (nSPS) is 25.9. The summed E-state index contributed by atoms with van der Waals surface area (Å²) in [6.07, 6.45) is 0.525. The topological polar surface area (TPSA) is 59.1 Å². The van der Waals surface area contributed by atoms with Crippen LogP contribution in [0.3, 0.4) is 0 Å². The second kappa shape index (κ2) is 7.90. The van der Waals surface area contributed by atoms with Gasteiger partial charge in [-0.3, -0.25) is 19.9 Å². The summed E-state index contributed by atoms with van der Waals surface area (Å²) in [7, 11) is 1.79. The molecule has 0 bridgehead atoms. The van der Waals surface area contributed by atoms with Crippen molar-refractivity contribution in [2.24, 2.45) is 0 Å². The summed E-state index contributed by atoms with van der Waals surface area (Å²) in [4.78, 5) is 34.5. The van der Waals surface area contributed by atoms with Crippen LogP contribution < -0.4 is 10.2 Å². The Hall–Kier alpha value is -2.90. The number of rotatable bonds is 3. The highest BCUT2D eigenvalue weighted by Crippen LogP contribution is 2.34. The van der Waals surface area contributed by atoms with E-state index in [9.17, 15) is 9.59 Å². The number of amides is 3. The van der Waals surface area contributed by atoms with Crippen LogP contribution in [-0.4, -0.2) is 65.3 Å². The van der Waals surface area contributed by atoms with E-state index in [2.05, 4.69) is 47.2 Å². The minimum Gasteiger partial charge on any atom is -0.343 e. The van der Waals surface area contributed by atoms with Gasteiger partial charge in [0, 0.05) is 25.8 Å². The van der Waals surface area contributed by atoms with Crippen LogP contribution >= 0.6 is 0 Å². The molecule has 5 rings (SSSR count). The van der Waals surface area contributed by atoms with Crippen LogP contribution in [-0.2, 0) is 11.3 Å². The highest BCUT2D eigenvalue weighted by molar-refractivity contribution is 6.00. The zero-order valence-electron chi connectivity index (χ0n) is 19.2. The monoisotopic (exact) mass is 433 g/mol. The van der Waals surface area contributed by atoms with E-state index in [1.807, 2.05) is 31.2 Å². The molecule has 3 fully saturated rings. The Kier molecular flexibility index (Phi) is 5.18. The molecule has 2 aromatic rings. The standard InChI is InChI=1S/C25H31N5O2/c1-16-6-9-19(10-7-16)15-30-23(31)21-22(27(4)25(30)32)26-24-28(12-5-13-29(21)24)20-11-8-17(2)14-18(20)3/h6-11,14,21-22,24,26H,5,12-13,15H2,1-4H3. The van der Waals surface area contributed by atoms with Crippen molar-refractivity contribution in [2.75, 3.05) is 25.0 Å². The van der Waals surface area contributed by atoms with Gasteiger partial charge >= 0.3 is 6.03 Å². The third kappa shape index (κ3) is 3.36. The van der Waals surface area contributed by atoms with Gasteiger partial charge in [0.25, 0.3) is 5.91 Å². The molecule has 0 aromatic heterocycles. The molecule has 3 amide bonds. The fraction of sp³-hybridized carbons (Fsp3) is 0.440. The molecule has 3 aliphatic rings. The van der Waals surface area contributed by atoms with Crippen molar-refractivity contribution in [3.05, 3.63) is 64.7 Å². The minimum absolute atomic E-state index is 0.112. The molecule has 3 unspecified atom stereocenters. The second-order valence-corrected chi connectivity index (χ2v) is 9.31. The fourth-order valence-electron chi connectivity index (χ4n) is 5.31. The molecule has 3 aliphatic heterocycles. The van der Waals surface area contributed by atoms with E-state index in [-0.39, 0.29) is 30.4 Å². The number of nitrogens with zero attached hydrogens (tertiary/aromatic N) is 4. The summed E-state index contributed by atoms with van der Waals surface area (Å²) in [5.41, 5.74) is 5.75. The van der Waals surface area contributed by atoms with Gasteiger partial charge in [0.15, 0.2) is 0 Å². The summed E-state index contributed by atoms with van der Waals surface area (Å²) < 4.78 is 0. The zero-order chi connectivity index (χ0) is 22.6. The smallest absolute Gasteiger partial charge is 0.328 e. The Morgan fingerprint density at radius 2 is 1.69 bits per heavy atom. The summed E-state index contributed by atoms with van der Waals surface area (Å²) >= 11 is 0. The maximum absolute atomic E-state index is 13.6. The Bertz CT molecular complexity index is 1050. The van der Waals surface area contributed by atoms with E-state index in [0.29, 0.717) is 6.54 Å². The number of aryl methyl sites for hydroxylation is 3. The number of carbonyl (C=O) groups excluding carboxylic acids is 2. The van der Waals surface area contributed by atoms with Crippen LogP contribution in [0.5, 0.6) is 0 Å². The zero-order valence-corrected chi connectivity index (χ0v) is 19.2. The molecule has 32 heavy (non-hydrogen) atoms. The molecule has 0 aliphatic carbocycles.